The molecule has 0 saturated carbocycles. The molecule has 0 radical (unpaired) electrons. The summed E-state index contributed by atoms with van der Waals surface area (Å²) in [4.78, 5) is 5.80. The van der Waals surface area contributed by atoms with Crippen molar-refractivity contribution in [1.29, 1.82) is 0 Å². The van der Waals surface area contributed by atoms with E-state index in [0.717, 1.165) is 30.9 Å². The van der Waals surface area contributed by atoms with Crippen molar-refractivity contribution in [3.05, 3.63) is 15.6 Å². The molecule has 0 aromatic carbocycles. The molecule has 1 rings (SSSR count). The minimum absolute atomic E-state index is 0.611. The van der Waals surface area contributed by atoms with E-state index < -0.39 is 0 Å². The van der Waals surface area contributed by atoms with Crippen LogP contribution in [0.3, 0.4) is 0 Å². The van der Waals surface area contributed by atoms with Crippen molar-refractivity contribution >= 4 is 11.3 Å². The number of ether oxygens (including phenoxy) is 1. The second-order valence-electron chi connectivity index (χ2n) is 3.17. The van der Waals surface area contributed by atoms with Crippen LogP contribution in [0.2, 0.25) is 0 Å². The normalized spacial score (nSPS) is 10.8. The molecule has 1 heterocycles. The first kappa shape index (κ1) is 11.6. The van der Waals surface area contributed by atoms with Gasteiger partial charge in [0.05, 0.1) is 17.3 Å². The van der Waals surface area contributed by atoms with Gasteiger partial charge in [0, 0.05) is 25.0 Å². The van der Waals surface area contributed by atoms with Crippen LogP contribution in [0.15, 0.2) is 0 Å². The van der Waals surface area contributed by atoms with Gasteiger partial charge in [-0.2, -0.15) is 0 Å². The molecule has 3 nitrogen and oxygen atoms in total. The number of hydrogen-bond donors (Lipinski definition) is 1. The van der Waals surface area contributed by atoms with Gasteiger partial charge in [-0.15, -0.1) is 11.3 Å². The quantitative estimate of drug-likeness (QED) is 0.784. The average molecular weight is 214 g/mol. The SMILES string of the molecule is CCCc1nc(CCOC)sc1CN. The summed E-state index contributed by atoms with van der Waals surface area (Å²) >= 11 is 1.72. The Kier molecular flexibility index (Phi) is 5.07. The maximum Gasteiger partial charge on any atom is 0.0954 e. The lowest BCUT2D eigenvalue weighted by Crippen LogP contribution is -1.98. The first-order valence-electron chi connectivity index (χ1n) is 4.98. The van der Waals surface area contributed by atoms with Crippen LogP contribution < -0.4 is 5.73 Å². The van der Waals surface area contributed by atoms with Crippen LogP contribution >= 0.6 is 11.3 Å². The largest absolute Gasteiger partial charge is 0.384 e. The molecule has 0 aliphatic heterocycles. The first-order chi connectivity index (χ1) is 6.81. The van der Waals surface area contributed by atoms with Crippen molar-refractivity contribution in [3.63, 3.8) is 0 Å². The van der Waals surface area contributed by atoms with Crippen molar-refractivity contribution in [2.75, 3.05) is 13.7 Å². The van der Waals surface area contributed by atoms with E-state index in [2.05, 4.69) is 11.9 Å². The summed E-state index contributed by atoms with van der Waals surface area (Å²) < 4.78 is 5.02. The molecule has 0 fully saturated rings. The van der Waals surface area contributed by atoms with Crippen LogP contribution in [-0.2, 0) is 24.1 Å². The van der Waals surface area contributed by atoms with Crippen LogP contribution in [0, 0.1) is 0 Å². The minimum Gasteiger partial charge on any atom is -0.384 e. The molecular weight excluding hydrogens is 196 g/mol. The van der Waals surface area contributed by atoms with Gasteiger partial charge in [-0.05, 0) is 6.42 Å². The number of thiazole rings is 1. The van der Waals surface area contributed by atoms with Crippen molar-refractivity contribution in [3.8, 4) is 0 Å². The highest BCUT2D eigenvalue weighted by molar-refractivity contribution is 7.11. The Morgan fingerprint density at radius 3 is 2.79 bits per heavy atom. The highest BCUT2D eigenvalue weighted by Gasteiger charge is 2.08. The average Bonchev–Trinajstić information content (AvgIpc) is 2.58. The molecule has 0 amide bonds. The molecule has 0 atom stereocenters. The van der Waals surface area contributed by atoms with E-state index in [4.69, 9.17) is 10.5 Å². The van der Waals surface area contributed by atoms with Crippen LogP contribution in [0.4, 0.5) is 0 Å². The predicted octanol–water partition coefficient (Wildman–Crippen LogP) is 1.74. The molecule has 14 heavy (non-hydrogen) atoms. The van der Waals surface area contributed by atoms with Crippen LogP contribution in [-0.4, -0.2) is 18.7 Å². The fourth-order valence-electron chi connectivity index (χ4n) is 1.32. The lowest BCUT2D eigenvalue weighted by Gasteiger charge is -1.94. The van der Waals surface area contributed by atoms with Gasteiger partial charge in [-0.3, -0.25) is 0 Å². The molecule has 1 aromatic rings. The van der Waals surface area contributed by atoms with Gasteiger partial charge in [0.25, 0.3) is 0 Å². The van der Waals surface area contributed by atoms with E-state index in [1.807, 2.05) is 0 Å². The molecule has 0 saturated heterocycles. The Morgan fingerprint density at radius 2 is 2.21 bits per heavy atom. The summed E-state index contributed by atoms with van der Waals surface area (Å²) in [5, 5.41) is 1.15. The zero-order valence-corrected chi connectivity index (χ0v) is 9.69. The molecule has 1 aromatic heterocycles. The maximum atomic E-state index is 5.66. The molecular formula is C10H18N2OS. The number of nitrogens with zero attached hydrogens (tertiary/aromatic N) is 1. The maximum absolute atomic E-state index is 5.66. The standard InChI is InChI=1S/C10H18N2OS/c1-3-4-8-9(7-11)14-10(12-8)5-6-13-2/h3-7,11H2,1-2H3. The molecule has 2 N–H and O–H groups in total. The Bertz CT molecular complexity index is 273. The van der Waals surface area contributed by atoms with E-state index in [0.29, 0.717) is 6.54 Å². The fraction of sp³-hybridized carbons (Fsp3) is 0.700. The molecule has 0 unspecified atom stereocenters. The lowest BCUT2D eigenvalue weighted by molar-refractivity contribution is 0.202. The van der Waals surface area contributed by atoms with Gasteiger partial charge in [0.15, 0.2) is 0 Å². The zero-order valence-electron chi connectivity index (χ0n) is 8.88. The van der Waals surface area contributed by atoms with E-state index in [-0.39, 0.29) is 0 Å². The molecule has 0 aliphatic carbocycles. The fourth-order valence-corrected chi connectivity index (χ4v) is 2.30. The highest BCUT2D eigenvalue weighted by Crippen LogP contribution is 2.19. The second-order valence-corrected chi connectivity index (χ2v) is 4.34. The molecule has 0 spiro atoms. The van der Waals surface area contributed by atoms with Crippen LogP contribution in [0.1, 0.15) is 28.9 Å². The van der Waals surface area contributed by atoms with Gasteiger partial charge in [0.2, 0.25) is 0 Å². The van der Waals surface area contributed by atoms with Gasteiger partial charge >= 0.3 is 0 Å². The summed E-state index contributed by atoms with van der Waals surface area (Å²) in [6.45, 7) is 3.51. The summed E-state index contributed by atoms with van der Waals surface area (Å²) in [5.41, 5.74) is 6.85. The van der Waals surface area contributed by atoms with Gasteiger partial charge in [-0.1, -0.05) is 13.3 Å². The second kappa shape index (κ2) is 6.11. The predicted molar refractivity (Wildman–Crippen MR) is 59.6 cm³/mol. The monoisotopic (exact) mass is 214 g/mol. The minimum atomic E-state index is 0.611. The van der Waals surface area contributed by atoms with E-state index in [9.17, 15) is 0 Å². The first-order valence-corrected chi connectivity index (χ1v) is 5.79. The summed E-state index contributed by atoms with van der Waals surface area (Å²) in [6, 6.07) is 0. The van der Waals surface area contributed by atoms with Crippen LogP contribution in [0.5, 0.6) is 0 Å². The van der Waals surface area contributed by atoms with Crippen molar-refractivity contribution < 1.29 is 4.74 Å². The molecule has 80 valence electrons. The highest BCUT2D eigenvalue weighted by atomic mass is 32.1. The number of nitrogens with two attached hydrogens (primary N) is 1. The molecule has 0 bridgehead atoms. The summed E-state index contributed by atoms with van der Waals surface area (Å²) in [7, 11) is 1.71. The molecule has 4 heteroatoms. The van der Waals surface area contributed by atoms with Gasteiger partial charge in [-0.25, -0.2) is 4.98 Å². The Balaban J connectivity index is 2.67. The van der Waals surface area contributed by atoms with Crippen molar-refractivity contribution in [1.82, 2.24) is 4.98 Å². The van der Waals surface area contributed by atoms with E-state index in [1.165, 1.54) is 10.6 Å². The van der Waals surface area contributed by atoms with Crippen LogP contribution in [0.25, 0.3) is 0 Å². The van der Waals surface area contributed by atoms with Crippen molar-refractivity contribution in [2.45, 2.75) is 32.7 Å². The van der Waals surface area contributed by atoms with E-state index in [1.54, 1.807) is 18.4 Å². The Morgan fingerprint density at radius 1 is 1.43 bits per heavy atom. The van der Waals surface area contributed by atoms with Gasteiger partial charge < -0.3 is 10.5 Å². The summed E-state index contributed by atoms with van der Waals surface area (Å²) in [5.74, 6) is 0. The number of aryl methyl sites for hydroxylation is 1. The number of hydrogen-bond acceptors (Lipinski definition) is 4. The third kappa shape index (κ3) is 3.04. The zero-order chi connectivity index (χ0) is 10.4. The smallest absolute Gasteiger partial charge is 0.0954 e. The third-order valence-corrected chi connectivity index (χ3v) is 3.19. The Hall–Kier alpha value is -0.450. The number of aromatic nitrogens is 1. The van der Waals surface area contributed by atoms with E-state index >= 15 is 0 Å². The molecule has 0 aliphatic rings. The third-order valence-electron chi connectivity index (χ3n) is 2.01. The number of rotatable bonds is 6. The van der Waals surface area contributed by atoms with Crippen molar-refractivity contribution in [2.24, 2.45) is 5.73 Å². The number of methoxy groups -OCH3 is 1. The summed E-state index contributed by atoms with van der Waals surface area (Å²) in [6.07, 6.45) is 3.06. The lowest BCUT2D eigenvalue weighted by atomic mass is 10.2. The Labute approximate surface area is 89.3 Å². The van der Waals surface area contributed by atoms with Gasteiger partial charge in [0.1, 0.15) is 0 Å². The topological polar surface area (TPSA) is 48.1 Å².